The summed E-state index contributed by atoms with van der Waals surface area (Å²) in [6, 6.07) is 4.99. The van der Waals surface area contributed by atoms with E-state index in [9.17, 15) is 9.18 Å². The average Bonchev–Trinajstić information content (AvgIpc) is 3.24. The second kappa shape index (κ2) is 7.65. The van der Waals surface area contributed by atoms with Crippen molar-refractivity contribution in [2.45, 2.75) is 32.4 Å². The first-order valence-corrected chi connectivity index (χ1v) is 8.38. The Bertz CT molecular complexity index is 746. The first-order chi connectivity index (χ1) is 12.0. The van der Waals surface area contributed by atoms with Crippen molar-refractivity contribution < 1.29 is 13.9 Å². The van der Waals surface area contributed by atoms with E-state index in [1.165, 1.54) is 20.1 Å². The molecule has 6 nitrogen and oxygen atoms in total. The molecule has 3 rings (SSSR count). The van der Waals surface area contributed by atoms with Gasteiger partial charge in [-0.3, -0.25) is 9.69 Å². The summed E-state index contributed by atoms with van der Waals surface area (Å²) in [6.45, 7) is 4.58. The summed E-state index contributed by atoms with van der Waals surface area (Å²) in [5.74, 6) is 1.18. The van der Waals surface area contributed by atoms with Crippen LogP contribution < -0.4 is 10.1 Å². The standard InChI is InChI=1S/C18H23FN4O2/c1-12(24)20-8-15-9-21-18(22-15)14-5-6-23(11-14)10-13-3-4-16(19)17(7-13)25-2/h3-4,7,9,14H,5-6,8,10-11H2,1-2H3,(H,20,24)(H,21,22). The van der Waals surface area contributed by atoms with Crippen molar-refractivity contribution in [2.24, 2.45) is 0 Å². The molecule has 1 aliphatic rings. The Labute approximate surface area is 146 Å². The van der Waals surface area contributed by atoms with Crippen LogP contribution in [0.4, 0.5) is 4.39 Å². The Kier molecular flexibility index (Phi) is 5.33. The molecule has 7 heteroatoms. The quantitative estimate of drug-likeness (QED) is 0.841. The van der Waals surface area contributed by atoms with Crippen LogP contribution in [0.3, 0.4) is 0 Å². The molecule has 0 saturated carbocycles. The van der Waals surface area contributed by atoms with Crippen LogP contribution in [0, 0.1) is 5.82 Å². The molecule has 0 radical (unpaired) electrons. The zero-order chi connectivity index (χ0) is 17.8. The van der Waals surface area contributed by atoms with Crippen LogP contribution in [-0.4, -0.2) is 41.0 Å². The molecule has 134 valence electrons. The summed E-state index contributed by atoms with van der Waals surface area (Å²) in [6.07, 6.45) is 2.80. The molecule has 1 saturated heterocycles. The second-order valence-electron chi connectivity index (χ2n) is 6.39. The molecule has 2 N–H and O–H groups in total. The monoisotopic (exact) mass is 346 g/mol. The van der Waals surface area contributed by atoms with E-state index in [4.69, 9.17) is 4.74 Å². The summed E-state index contributed by atoms with van der Waals surface area (Å²) in [5.41, 5.74) is 1.94. The Hall–Kier alpha value is -2.41. The highest BCUT2D eigenvalue weighted by Gasteiger charge is 2.26. The van der Waals surface area contributed by atoms with E-state index in [0.717, 1.165) is 43.1 Å². The normalized spacial score (nSPS) is 17.6. The maximum Gasteiger partial charge on any atom is 0.217 e. The Balaban J connectivity index is 1.57. The minimum Gasteiger partial charge on any atom is -0.494 e. The fourth-order valence-electron chi connectivity index (χ4n) is 3.15. The maximum absolute atomic E-state index is 13.5. The van der Waals surface area contributed by atoms with Crippen LogP contribution in [0.5, 0.6) is 5.75 Å². The number of likely N-dealkylation sites (tertiary alicyclic amines) is 1. The lowest BCUT2D eigenvalue weighted by atomic mass is 10.1. The Morgan fingerprint density at radius 1 is 1.52 bits per heavy atom. The van der Waals surface area contributed by atoms with Gasteiger partial charge in [0.2, 0.25) is 5.91 Å². The molecule has 1 aliphatic heterocycles. The lowest BCUT2D eigenvalue weighted by molar-refractivity contribution is -0.119. The highest BCUT2D eigenvalue weighted by molar-refractivity contribution is 5.72. The molecule has 1 atom stereocenters. The highest BCUT2D eigenvalue weighted by Crippen LogP contribution is 2.27. The highest BCUT2D eigenvalue weighted by atomic mass is 19.1. The number of carbonyl (C=O) groups is 1. The summed E-state index contributed by atoms with van der Waals surface area (Å²) < 4.78 is 18.5. The number of nitrogens with one attached hydrogen (secondary N) is 2. The van der Waals surface area contributed by atoms with Gasteiger partial charge in [-0.1, -0.05) is 6.07 Å². The number of aromatic amines is 1. The minimum absolute atomic E-state index is 0.0575. The third kappa shape index (κ3) is 4.36. The summed E-state index contributed by atoms with van der Waals surface area (Å²) in [7, 11) is 1.48. The van der Waals surface area contributed by atoms with Crippen molar-refractivity contribution in [1.29, 1.82) is 0 Å². The van der Waals surface area contributed by atoms with Gasteiger partial charge in [0, 0.05) is 25.9 Å². The van der Waals surface area contributed by atoms with Crippen LogP contribution in [0.15, 0.2) is 24.4 Å². The van der Waals surface area contributed by atoms with Crippen molar-refractivity contribution >= 4 is 5.91 Å². The van der Waals surface area contributed by atoms with Crippen molar-refractivity contribution in [1.82, 2.24) is 20.2 Å². The number of halogens is 1. The van der Waals surface area contributed by atoms with Gasteiger partial charge in [0.25, 0.3) is 0 Å². The number of benzene rings is 1. The molecule has 25 heavy (non-hydrogen) atoms. The van der Waals surface area contributed by atoms with Gasteiger partial charge in [0.15, 0.2) is 11.6 Å². The number of carbonyl (C=O) groups excluding carboxylic acids is 1. The largest absolute Gasteiger partial charge is 0.494 e. The molecule has 1 aromatic heterocycles. The lowest BCUT2D eigenvalue weighted by Gasteiger charge is -2.16. The molecular formula is C18H23FN4O2. The van der Waals surface area contributed by atoms with Gasteiger partial charge in [0.05, 0.1) is 25.5 Å². The van der Waals surface area contributed by atoms with E-state index in [0.29, 0.717) is 12.5 Å². The predicted octanol–water partition coefficient (Wildman–Crippen LogP) is 2.18. The third-order valence-electron chi connectivity index (χ3n) is 4.46. The van der Waals surface area contributed by atoms with Crippen LogP contribution in [0.1, 0.15) is 36.3 Å². The van der Waals surface area contributed by atoms with Crippen molar-refractivity contribution in [3.8, 4) is 5.75 Å². The molecule has 2 aromatic rings. The molecule has 0 aliphatic carbocycles. The lowest BCUT2D eigenvalue weighted by Crippen LogP contribution is -2.20. The SMILES string of the molecule is COc1cc(CN2CCC(c3ncc(CNC(C)=O)[nH]3)C2)ccc1F. The van der Waals surface area contributed by atoms with Gasteiger partial charge in [0.1, 0.15) is 5.82 Å². The number of imidazole rings is 1. The molecule has 1 amide bonds. The van der Waals surface area contributed by atoms with Crippen LogP contribution in [0.2, 0.25) is 0 Å². The molecule has 1 unspecified atom stereocenters. The van der Waals surface area contributed by atoms with Crippen molar-refractivity contribution in [3.05, 3.63) is 47.3 Å². The van der Waals surface area contributed by atoms with E-state index in [-0.39, 0.29) is 17.5 Å². The molecule has 1 fully saturated rings. The zero-order valence-electron chi connectivity index (χ0n) is 14.5. The number of amides is 1. The van der Waals surface area contributed by atoms with E-state index >= 15 is 0 Å². The average molecular weight is 346 g/mol. The molecule has 2 heterocycles. The smallest absolute Gasteiger partial charge is 0.217 e. The van der Waals surface area contributed by atoms with Gasteiger partial charge in [-0.15, -0.1) is 0 Å². The van der Waals surface area contributed by atoms with Gasteiger partial charge in [-0.25, -0.2) is 9.37 Å². The Morgan fingerprint density at radius 3 is 3.12 bits per heavy atom. The number of ether oxygens (including phenoxy) is 1. The number of methoxy groups -OCH3 is 1. The van der Waals surface area contributed by atoms with E-state index in [2.05, 4.69) is 20.2 Å². The van der Waals surface area contributed by atoms with Gasteiger partial charge < -0.3 is 15.0 Å². The Morgan fingerprint density at radius 2 is 2.36 bits per heavy atom. The van der Waals surface area contributed by atoms with Crippen LogP contribution in [-0.2, 0) is 17.9 Å². The van der Waals surface area contributed by atoms with Gasteiger partial charge >= 0.3 is 0 Å². The van der Waals surface area contributed by atoms with E-state index in [1.54, 1.807) is 18.3 Å². The van der Waals surface area contributed by atoms with E-state index in [1.807, 2.05) is 0 Å². The first-order valence-electron chi connectivity index (χ1n) is 8.38. The van der Waals surface area contributed by atoms with E-state index < -0.39 is 0 Å². The molecule has 0 bridgehead atoms. The summed E-state index contributed by atoms with van der Waals surface area (Å²) >= 11 is 0. The van der Waals surface area contributed by atoms with Crippen LogP contribution in [0.25, 0.3) is 0 Å². The van der Waals surface area contributed by atoms with Crippen LogP contribution >= 0.6 is 0 Å². The number of hydrogen-bond acceptors (Lipinski definition) is 4. The first kappa shape index (κ1) is 17.4. The second-order valence-corrected chi connectivity index (χ2v) is 6.39. The summed E-state index contributed by atoms with van der Waals surface area (Å²) in [4.78, 5) is 21.1. The fourth-order valence-corrected chi connectivity index (χ4v) is 3.15. The number of H-pyrrole nitrogens is 1. The van der Waals surface area contributed by atoms with Gasteiger partial charge in [-0.05, 0) is 30.7 Å². The summed E-state index contributed by atoms with van der Waals surface area (Å²) in [5, 5.41) is 2.76. The molecule has 0 spiro atoms. The predicted molar refractivity (Wildman–Crippen MR) is 91.7 cm³/mol. The number of aromatic nitrogens is 2. The zero-order valence-corrected chi connectivity index (χ0v) is 14.5. The van der Waals surface area contributed by atoms with Crippen molar-refractivity contribution in [2.75, 3.05) is 20.2 Å². The molecule has 1 aromatic carbocycles. The minimum atomic E-state index is -0.340. The topological polar surface area (TPSA) is 70.2 Å². The van der Waals surface area contributed by atoms with Gasteiger partial charge in [-0.2, -0.15) is 0 Å². The van der Waals surface area contributed by atoms with Crippen molar-refractivity contribution in [3.63, 3.8) is 0 Å². The fraction of sp³-hybridized carbons (Fsp3) is 0.444. The number of rotatable bonds is 6. The molecular weight excluding hydrogens is 323 g/mol. The third-order valence-corrected chi connectivity index (χ3v) is 4.46. The number of nitrogens with zero attached hydrogens (tertiary/aromatic N) is 2. The number of hydrogen-bond donors (Lipinski definition) is 2. The maximum atomic E-state index is 13.5.